The van der Waals surface area contributed by atoms with Crippen molar-refractivity contribution in [2.24, 2.45) is 0 Å². The van der Waals surface area contributed by atoms with Crippen LogP contribution in [0.3, 0.4) is 0 Å². The molecule has 3 heterocycles. The molecular weight excluding hydrogens is 374 g/mol. The number of hydrazine groups is 1. The quantitative estimate of drug-likeness (QED) is 0.504. The summed E-state index contributed by atoms with van der Waals surface area (Å²) in [6.07, 6.45) is 2.96. The highest BCUT2D eigenvalue weighted by molar-refractivity contribution is 9.10. The summed E-state index contributed by atoms with van der Waals surface area (Å²) in [6.45, 7) is 0. The molecule has 0 aliphatic carbocycles. The van der Waals surface area contributed by atoms with Gasteiger partial charge >= 0.3 is 0 Å². The van der Waals surface area contributed by atoms with E-state index < -0.39 is 11.8 Å². The van der Waals surface area contributed by atoms with Crippen LogP contribution in [0.15, 0.2) is 28.4 Å². The third kappa shape index (κ3) is 3.04. The number of hydrogen-bond donors (Lipinski definition) is 4. The first-order valence-electron chi connectivity index (χ1n) is 5.89. The molecule has 0 bridgehead atoms. The highest BCUT2D eigenvalue weighted by Crippen LogP contribution is 2.19. The van der Waals surface area contributed by atoms with E-state index in [9.17, 15) is 9.59 Å². The second-order valence-electron chi connectivity index (χ2n) is 4.01. The molecule has 0 fully saturated rings. The first kappa shape index (κ1) is 14.4. The summed E-state index contributed by atoms with van der Waals surface area (Å²) in [5.41, 5.74) is 5.07. The predicted octanol–water partition coefficient (Wildman–Crippen LogP) is 1.09. The number of aromatic nitrogens is 5. The Bertz CT molecular complexity index is 810. The van der Waals surface area contributed by atoms with Crippen molar-refractivity contribution in [3.63, 3.8) is 0 Å². The Morgan fingerprint density at radius 3 is 2.77 bits per heavy atom. The molecule has 4 N–H and O–H groups in total. The lowest BCUT2D eigenvalue weighted by Gasteiger charge is -2.04. The number of amides is 2. The molecule has 0 aromatic carbocycles. The molecule has 22 heavy (non-hydrogen) atoms. The number of thiazole rings is 1. The lowest BCUT2D eigenvalue weighted by Crippen LogP contribution is -2.41. The van der Waals surface area contributed by atoms with Crippen molar-refractivity contribution in [3.05, 3.63) is 39.8 Å². The number of carbonyl (C=O) groups is 2. The van der Waals surface area contributed by atoms with Gasteiger partial charge in [-0.05, 0) is 22.0 Å². The van der Waals surface area contributed by atoms with Crippen molar-refractivity contribution < 1.29 is 9.59 Å². The molecule has 0 spiro atoms. The minimum absolute atomic E-state index is 0.171. The van der Waals surface area contributed by atoms with E-state index in [0.717, 1.165) is 4.47 Å². The Kier molecular flexibility index (Phi) is 3.98. The number of hydrogen-bond acceptors (Lipinski definition) is 6. The zero-order chi connectivity index (χ0) is 15.5. The first-order chi connectivity index (χ1) is 10.6. The van der Waals surface area contributed by atoms with E-state index in [-0.39, 0.29) is 5.69 Å². The van der Waals surface area contributed by atoms with Crippen LogP contribution in [0.25, 0.3) is 10.8 Å². The van der Waals surface area contributed by atoms with Gasteiger partial charge in [-0.1, -0.05) is 0 Å². The van der Waals surface area contributed by atoms with Gasteiger partial charge in [-0.3, -0.25) is 25.5 Å². The third-order valence-corrected chi connectivity index (χ3v) is 3.84. The smallest absolute Gasteiger partial charge is 0.289 e. The Morgan fingerprint density at radius 2 is 2.09 bits per heavy atom. The van der Waals surface area contributed by atoms with Crippen molar-refractivity contribution in [2.45, 2.75) is 0 Å². The second-order valence-corrected chi connectivity index (χ2v) is 5.79. The maximum atomic E-state index is 11.9. The van der Waals surface area contributed by atoms with E-state index >= 15 is 0 Å². The molecular formula is C11H8BrN7O2S. The predicted molar refractivity (Wildman–Crippen MR) is 80.9 cm³/mol. The average molecular weight is 382 g/mol. The van der Waals surface area contributed by atoms with Gasteiger partial charge < -0.3 is 4.98 Å². The van der Waals surface area contributed by atoms with Crippen molar-refractivity contribution in [1.82, 2.24) is 36.0 Å². The number of nitrogens with zero attached hydrogens (tertiary/aromatic N) is 3. The number of H-pyrrole nitrogens is 2. The minimum Gasteiger partial charge on any atom is -0.356 e. The van der Waals surface area contributed by atoms with Gasteiger partial charge in [-0.2, -0.15) is 5.10 Å². The van der Waals surface area contributed by atoms with Gasteiger partial charge in [-0.15, -0.1) is 11.3 Å². The van der Waals surface area contributed by atoms with E-state index in [2.05, 4.69) is 51.9 Å². The normalized spacial score (nSPS) is 10.4. The standard InChI is InChI=1S/C11H8BrN7O2S/c12-5-1-6(13-2-5)9(20)18-19-10(21)7-3-22-11(16-7)8-14-4-15-17-8/h1-4,13H,(H,18,20)(H,19,21)(H,14,15,17). The number of aromatic amines is 2. The maximum absolute atomic E-state index is 11.9. The molecule has 3 rings (SSSR count). The zero-order valence-electron chi connectivity index (χ0n) is 10.8. The average Bonchev–Trinajstić information content (AvgIpc) is 3.23. The van der Waals surface area contributed by atoms with Gasteiger partial charge in [0.05, 0.1) is 0 Å². The van der Waals surface area contributed by atoms with Crippen LogP contribution in [0.1, 0.15) is 21.0 Å². The summed E-state index contributed by atoms with van der Waals surface area (Å²) >= 11 is 4.46. The maximum Gasteiger partial charge on any atom is 0.289 e. The minimum atomic E-state index is -0.527. The second kappa shape index (κ2) is 6.07. The van der Waals surface area contributed by atoms with Crippen molar-refractivity contribution in [1.29, 1.82) is 0 Å². The van der Waals surface area contributed by atoms with Crippen molar-refractivity contribution in [2.75, 3.05) is 0 Å². The Morgan fingerprint density at radius 1 is 1.27 bits per heavy atom. The van der Waals surface area contributed by atoms with Gasteiger partial charge in [-0.25, -0.2) is 9.97 Å². The molecule has 9 nitrogen and oxygen atoms in total. The monoisotopic (exact) mass is 381 g/mol. The molecule has 0 radical (unpaired) electrons. The Hall–Kier alpha value is -2.53. The summed E-state index contributed by atoms with van der Waals surface area (Å²) in [5.74, 6) is -0.518. The largest absolute Gasteiger partial charge is 0.356 e. The van der Waals surface area contributed by atoms with E-state index in [0.29, 0.717) is 16.5 Å². The van der Waals surface area contributed by atoms with Gasteiger partial charge in [0.2, 0.25) is 0 Å². The van der Waals surface area contributed by atoms with Crippen LogP contribution in [-0.2, 0) is 0 Å². The number of carbonyl (C=O) groups excluding carboxylic acids is 2. The lowest BCUT2D eigenvalue weighted by atomic mass is 10.4. The molecule has 0 aliphatic rings. The fraction of sp³-hybridized carbons (Fsp3) is 0. The summed E-state index contributed by atoms with van der Waals surface area (Å²) in [6, 6.07) is 1.59. The molecule has 0 atom stereocenters. The molecule has 3 aromatic heterocycles. The van der Waals surface area contributed by atoms with Crippen LogP contribution in [0.2, 0.25) is 0 Å². The summed E-state index contributed by atoms with van der Waals surface area (Å²) in [5, 5.41) is 8.46. The molecule has 3 aromatic rings. The highest BCUT2D eigenvalue weighted by Gasteiger charge is 2.15. The lowest BCUT2D eigenvalue weighted by molar-refractivity contribution is 0.0842. The van der Waals surface area contributed by atoms with Crippen LogP contribution >= 0.6 is 27.3 Å². The van der Waals surface area contributed by atoms with Crippen LogP contribution in [0.5, 0.6) is 0 Å². The third-order valence-electron chi connectivity index (χ3n) is 2.54. The molecule has 0 aliphatic heterocycles. The van der Waals surface area contributed by atoms with Crippen LogP contribution in [0.4, 0.5) is 0 Å². The van der Waals surface area contributed by atoms with Crippen LogP contribution < -0.4 is 10.9 Å². The van der Waals surface area contributed by atoms with Gasteiger partial charge in [0.25, 0.3) is 11.8 Å². The van der Waals surface area contributed by atoms with E-state index in [1.54, 1.807) is 17.6 Å². The van der Waals surface area contributed by atoms with E-state index in [1.165, 1.54) is 17.7 Å². The van der Waals surface area contributed by atoms with Crippen molar-refractivity contribution in [3.8, 4) is 10.8 Å². The Balaban J connectivity index is 1.61. The van der Waals surface area contributed by atoms with Gasteiger partial charge in [0.1, 0.15) is 17.7 Å². The fourth-order valence-corrected chi connectivity index (χ4v) is 2.63. The topological polar surface area (TPSA) is 128 Å². The van der Waals surface area contributed by atoms with Crippen molar-refractivity contribution >= 4 is 39.1 Å². The molecule has 0 saturated carbocycles. The van der Waals surface area contributed by atoms with E-state index in [1.807, 2.05) is 0 Å². The first-order valence-corrected chi connectivity index (χ1v) is 7.56. The van der Waals surface area contributed by atoms with E-state index in [4.69, 9.17) is 0 Å². The van der Waals surface area contributed by atoms with Crippen LogP contribution in [-0.4, -0.2) is 37.0 Å². The molecule has 0 unspecified atom stereocenters. The summed E-state index contributed by atoms with van der Waals surface area (Å²) < 4.78 is 0.736. The molecule has 11 heteroatoms. The van der Waals surface area contributed by atoms with Gasteiger partial charge in [0, 0.05) is 16.0 Å². The molecule has 112 valence electrons. The zero-order valence-corrected chi connectivity index (χ0v) is 13.2. The highest BCUT2D eigenvalue weighted by atomic mass is 79.9. The number of nitrogens with one attached hydrogen (secondary N) is 4. The number of halogens is 1. The number of rotatable bonds is 3. The SMILES string of the molecule is O=C(NNC(=O)c1cc(Br)c[nH]1)c1csc(-c2ncn[nH]2)n1. The summed E-state index contributed by atoms with van der Waals surface area (Å²) in [7, 11) is 0. The summed E-state index contributed by atoms with van der Waals surface area (Å²) in [4.78, 5) is 34.5. The fourth-order valence-electron chi connectivity index (χ4n) is 1.54. The Labute approximate surface area is 135 Å². The molecule has 2 amide bonds. The van der Waals surface area contributed by atoms with Crippen LogP contribution in [0, 0.1) is 0 Å². The van der Waals surface area contributed by atoms with Gasteiger partial charge in [0.15, 0.2) is 10.8 Å². The molecule has 0 saturated heterocycles.